The van der Waals surface area contributed by atoms with Crippen LogP contribution in [0.25, 0.3) is 0 Å². The van der Waals surface area contributed by atoms with Crippen molar-refractivity contribution in [2.75, 3.05) is 0 Å². The van der Waals surface area contributed by atoms with Crippen molar-refractivity contribution < 1.29 is 13.2 Å². The molecule has 7 heteroatoms. The Kier molecular flexibility index (Phi) is 3.89. The van der Waals surface area contributed by atoms with Crippen LogP contribution < -0.4 is 5.32 Å². The summed E-state index contributed by atoms with van der Waals surface area (Å²) in [7, 11) is 1.80. The van der Waals surface area contributed by atoms with E-state index in [1.807, 2.05) is 0 Å². The number of halogens is 3. The molecule has 0 atom stereocenters. The highest BCUT2D eigenvalue weighted by molar-refractivity contribution is 4.93. The van der Waals surface area contributed by atoms with Gasteiger partial charge in [0, 0.05) is 19.6 Å². The van der Waals surface area contributed by atoms with E-state index in [2.05, 4.69) is 15.6 Å². The predicted octanol–water partition coefficient (Wildman–Crippen LogP) is 2.03. The number of nitrogens with zero attached hydrogens (tertiary/aromatic N) is 3. The second-order valence-electron chi connectivity index (χ2n) is 4.82. The van der Waals surface area contributed by atoms with Gasteiger partial charge in [0.05, 0.1) is 17.8 Å². The molecule has 1 N–H and O–H groups in total. The Morgan fingerprint density at radius 2 is 2.00 bits per heavy atom. The molecule has 1 aliphatic carbocycles. The van der Waals surface area contributed by atoms with Crippen LogP contribution in [0, 0.1) is 5.92 Å². The van der Waals surface area contributed by atoms with E-state index in [0.717, 1.165) is 5.69 Å². The zero-order valence-electron chi connectivity index (χ0n) is 10.2. The minimum Gasteiger partial charge on any atom is -0.308 e. The molecule has 0 spiro atoms. The van der Waals surface area contributed by atoms with Crippen molar-refractivity contribution in [3.63, 3.8) is 0 Å². The Balaban J connectivity index is 1.76. The SMILES string of the molecule is Cn1nncc1CNC1CCC(C(F)(F)F)CC1. The topological polar surface area (TPSA) is 42.7 Å². The summed E-state index contributed by atoms with van der Waals surface area (Å²) >= 11 is 0. The first kappa shape index (κ1) is 13.3. The lowest BCUT2D eigenvalue weighted by atomic mass is 9.85. The van der Waals surface area contributed by atoms with E-state index in [1.165, 1.54) is 0 Å². The largest absolute Gasteiger partial charge is 0.391 e. The molecule has 0 aliphatic heterocycles. The van der Waals surface area contributed by atoms with Gasteiger partial charge in [-0.3, -0.25) is 4.68 Å². The molecule has 2 rings (SSSR count). The van der Waals surface area contributed by atoms with Gasteiger partial charge in [-0.25, -0.2) is 0 Å². The van der Waals surface area contributed by atoms with E-state index in [0.29, 0.717) is 19.4 Å². The van der Waals surface area contributed by atoms with Crippen molar-refractivity contribution in [1.82, 2.24) is 20.3 Å². The average molecular weight is 262 g/mol. The lowest BCUT2D eigenvalue weighted by molar-refractivity contribution is -0.182. The maximum atomic E-state index is 12.5. The highest BCUT2D eigenvalue weighted by Crippen LogP contribution is 2.37. The highest BCUT2D eigenvalue weighted by Gasteiger charge is 2.41. The van der Waals surface area contributed by atoms with Crippen LogP contribution in [0.15, 0.2) is 6.20 Å². The standard InChI is InChI=1S/C11H17F3N4/c1-18-10(7-16-17-18)6-15-9-4-2-8(3-5-9)11(12,13)14/h7-9,15H,2-6H2,1H3. The first-order chi connectivity index (χ1) is 8.47. The first-order valence-corrected chi connectivity index (χ1v) is 6.10. The number of aromatic nitrogens is 3. The van der Waals surface area contributed by atoms with Crippen LogP contribution in [0.5, 0.6) is 0 Å². The lowest BCUT2D eigenvalue weighted by Crippen LogP contribution is -2.36. The molecular weight excluding hydrogens is 245 g/mol. The molecule has 1 aromatic rings. The third kappa shape index (κ3) is 3.22. The van der Waals surface area contributed by atoms with E-state index in [9.17, 15) is 13.2 Å². The number of rotatable bonds is 3. The molecule has 0 unspecified atom stereocenters. The Labute approximate surface area is 104 Å². The number of aryl methyl sites for hydroxylation is 1. The Hall–Kier alpha value is -1.11. The fraction of sp³-hybridized carbons (Fsp3) is 0.818. The van der Waals surface area contributed by atoms with Gasteiger partial charge in [-0.05, 0) is 25.7 Å². The van der Waals surface area contributed by atoms with E-state index < -0.39 is 12.1 Å². The number of hydrogen-bond donors (Lipinski definition) is 1. The van der Waals surface area contributed by atoms with Crippen LogP contribution in [-0.4, -0.2) is 27.2 Å². The fourth-order valence-corrected chi connectivity index (χ4v) is 2.34. The summed E-state index contributed by atoms with van der Waals surface area (Å²) in [4.78, 5) is 0. The molecular formula is C11H17F3N4. The summed E-state index contributed by atoms with van der Waals surface area (Å²) in [6, 6.07) is 0.165. The number of nitrogens with one attached hydrogen (secondary N) is 1. The summed E-state index contributed by atoms with van der Waals surface area (Å²) < 4.78 is 39.1. The van der Waals surface area contributed by atoms with Gasteiger partial charge in [-0.15, -0.1) is 5.10 Å². The van der Waals surface area contributed by atoms with Gasteiger partial charge >= 0.3 is 6.18 Å². The molecule has 1 aliphatic rings. The smallest absolute Gasteiger partial charge is 0.308 e. The van der Waals surface area contributed by atoms with Gasteiger partial charge in [-0.1, -0.05) is 5.21 Å². The van der Waals surface area contributed by atoms with Crippen LogP contribution in [0.1, 0.15) is 31.4 Å². The second-order valence-corrected chi connectivity index (χ2v) is 4.82. The predicted molar refractivity (Wildman–Crippen MR) is 59.6 cm³/mol. The van der Waals surface area contributed by atoms with E-state index in [4.69, 9.17) is 0 Å². The van der Waals surface area contributed by atoms with Crippen molar-refractivity contribution >= 4 is 0 Å². The molecule has 0 bridgehead atoms. The second kappa shape index (κ2) is 5.26. The fourth-order valence-electron chi connectivity index (χ4n) is 2.34. The van der Waals surface area contributed by atoms with Crippen molar-refractivity contribution in [2.24, 2.45) is 13.0 Å². The summed E-state index contributed by atoms with van der Waals surface area (Å²) in [5.41, 5.74) is 0.938. The lowest BCUT2D eigenvalue weighted by Gasteiger charge is -2.30. The zero-order valence-corrected chi connectivity index (χ0v) is 10.2. The van der Waals surface area contributed by atoms with E-state index in [-0.39, 0.29) is 18.9 Å². The van der Waals surface area contributed by atoms with Gasteiger partial charge in [0.2, 0.25) is 0 Å². The summed E-state index contributed by atoms with van der Waals surface area (Å²) in [5.74, 6) is -1.12. The Morgan fingerprint density at radius 3 is 2.50 bits per heavy atom. The van der Waals surface area contributed by atoms with Crippen LogP contribution in [0.3, 0.4) is 0 Å². The third-order valence-electron chi connectivity index (χ3n) is 3.57. The minimum atomic E-state index is -4.03. The maximum Gasteiger partial charge on any atom is 0.391 e. The van der Waals surface area contributed by atoms with Crippen molar-refractivity contribution in [1.29, 1.82) is 0 Å². The van der Waals surface area contributed by atoms with E-state index >= 15 is 0 Å². The summed E-state index contributed by atoms with van der Waals surface area (Å²) in [6.45, 7) is 0.602. The molecule has 1 saturated carbocycles. The molecule has 0 radical (unpaired) electrons. The van der Waals surface area contributed by atoms with E-state index in [1.54, 1.807) is 17.9 Å². The normalized spacial score (nSPS) is 25.3. The Bertz CT molecular complexity index is 380. The van der Waals surface area contributed by atoms with Crippen molar-refractivity contribution in [3.8, 4) is 0 Å². The van der Waals surface area contributed by atoms with Crippen LogP contribution in [-0.2, 0) is 13.6 Å². The average Bonchev–Trinajstić information content (AvgIpc) is 2.72. The molecule has 1 aromatic heterocycles. The first-order valence-electron chi connectivity index (χ1n) is 6.10. The van der Waals surface area contributed by atoms with Gasteiger partial charge < -0.3 is 5.32 Å². The van der Waals surface area contributed by atoms with Crippen molar-refractivity contribution in [3.05, 3.63) is 11.9 Å². The van der Waals surface area contributed by atoms with Gasteiger partial charge in [0.15, 0.2) is 0 Å². The zero-order chi connectivity index (χ0) is 13.2. The quantitative estimate of drug-likeness (QED) is 0.906. The molecule has 18 heavy (non-hydrogen) atoms. The van der Waals surface area contributed by atoms with Crippen LogP contribution in [0.4, 0.5) is 13.2 Å². The molecule has 0 aromatic carbocycles. The number of alkyl halides is 3. The molecule has 1 heterocycles. The Morgan fingerprint density at radius 1 is 1.33 bits per heavy atom. The summed E-state index contributed by atoms with van der Waals surface area (Å²) in [5, 5.41) is 10.8. The molecule has 0 amide bonds. The summed E-state index contributed by atoms with van der Waals surface area (Å²) in [6.07, 6.45) is -0.758. The van der Waals surface area contributed by atoms with Crippen molar-refractivity contribution in [2.45, 2.75) is 44.4 Å². The third-order valence-corrected chi connectivity index (χ3v) is 3.57. The molecule has 102 valence electrons. The minimum absolute atomic E-state index is 0.165. The molecule has 4 nitrogen and oxygen atoms in total. The highest BCUT2D eigenvalue weighted by atomic mass is 19.4. The molecule has 0 saturated heterocycles. The van der Waals surface area contributed by atoms with Gasteiger partial charge in [0.1, 0.15) is 0 Å². The number of hydrogen-bond acceptors (Lipinski definition) is 3. The monoisotopic (exact) mass is 262 g/mol. The molecule has 1 fully saturated rings. The van der Waals surface area contributed by atoms with Crippen LogP contribution in [0.2, 0.25) is 0 Å². The van der Waals surface area contributed by atoms with Gasteiger partial charge in [-0.2, -0.15) is 13.2 Å². The van der Waals surface area contributed by atoms with Gasteiger partial charge in [0.25, 0.3) is 0 Å². The maximum absolute atomic E-state index is 12.5. The van der Waals surface area contributed by atoms with Crippen LogP contribution >= 0.6 is 0 Å².